The van der Waals surface area contributed by atoms with Gasteiger partial charge in [0.25, 0.3) is 0 Å². The quantitative estimate of drug-likeness (QED) is 0.616. The zero-order chi connectivity index (χ0) is 17.8. The second-order valence-corrected chi connectivity index (χ2v) is 6.29. The van der Waals surface area contributed by atoms with Crippen molar-refractivity contribution in [3.05, 3.63) is 69.8 Å². The molecule has 25 heavy (non-hydrogen) atoms. The Morgan fingerprint density at radius 2 is 2.00 bits per heavy atom. The first-order valence-electron chi connectivity index (χ1n) is 8.35. The second-order valence-electron chi connectivity index (χ2n) is 6.29. The lowest BCUT2D eigenvalue weighted by Crippen LogP contribution is -2.46. The van der Waals surface area contributed by atoms with Gasteiger partial charge in [0.05, 0.1) is 10.6 Å². The monoisotopic (exact) mass is 344 g/mol. The number of nitrogens with zero attached hydrogens (tertiary/aromatic N) is 4. The van der Waals surface area contributed by atoms with E-state index >= 15 is 0 Å². The molecule has 0 amide bonds. The molecule has 1 fully saturated rings. The van der Waals surface area contributed by atoms with E-state index < -0.39 is 16.4 Å². The van der Waals surface area contributed by atoms with Gasteiger partial charge in [0, 0.05) is 51.0 Å². The average molecular weight is 344 g/mol. The van der Waals surface area contributed by atoms with Gasteiger partial charge in [-0.05, 0) is 30.7 Å². The number of hydrogen-bond acceptors (Lipinski definition) is 5. The molecular weight excluding hydrogens is 323 g/mol. The molecule has 0 aliphatic carbocycles. The smallest absolute Gasteiger partial charge is 0.297 e. The van der Waals surface area contributed by atoms with Crippen molar-refractivity contribution in [2.75, 3.05) is 26.2 Å². The highest BCUT2D eigenvalue weighted by molar-refractivity contribution is 5.35. The third-order valence-electron chi connectivity index (χ3n) is 4.69. The van der Waals surface area contributed by atoms with Crippen LogP contribution in [0.3, 0.4) is 0 Å². The lowest BCUT2D eigenvalue weighted by molar-refractivity contribution is -0.387. The first kappa shape index (κ1) is 17.4. The van der Waals surface area contributed by atoms with E-state index in [-0.39, 0.29) is 6.04 Å². The van der Waals surface area contributed by atoms with Crippen LogP contribution < -0.4 is 0 Å². The number of hydrogen-bond donors (Lipinski definition) is 0. The third-order valence-corrected chi connectivity index (χ3v) is 4.69. The van der Waals surface area contributed by atoms with Crippen LogP contribution in [0.4, 0.5) is 10.1 Å². The molecule has 0 bridgehead atoms. The number of nitro groups is 1. The van der Waals surface area contributed by atoms with Crippen LogP contribution in [0.15, 0.2) is 42.6 Å². The summed E-state index contributed by atoms with van der Waals surface area (Å²) in [5.41, 5.74) is 1.35. The highest BCUT2D eigenvalue weighted by Crippen LogP contribution is 2.22. The largest absolute Gasteiger partial charge is 0.304 e. The Kier molecular flexibility index (Phi) is 5.35. The first-order chi connectivity index (χ1) is 12.0. The van der Waals surface area contributed by atoms with E-state index in [0.29, 0.717) is 6.54 Å². The molecule has 0 N–H and O–H groups in total. The molecule has 0 unspecified atom stereocenters. The van der Waals surface area contributed by atoms with E-state index in [4.69, 9.17) is 0 Å². The molecular formula is C18H21FN4O2. The van der Waals surface area contributed by atoms with Gasteiger partial charge in [0.1, 0.15) is 0 Å². The maximum atomic E-state index is 13.7. The predicted octanol–water partition coefficient (Wildman–Crippen LogP) is 3.01. The minimum atomic E-state index is -0.773. The molecule has 7 heteroatoms. The van der Waals surface area contributed by atoms with Crippen molar-refractivity contribution in [1.82, 2.24) is 14.8 Å². The molecule has 0 saturated carbocycles. The molecule has 1 atom stereocenters. The maximum Gasteiger partial charge on any atom is 0.304 e. The fourth-order valence-electron chi connectivity index (χ4n) is 3.17. The van der Waals surface area contributed by atoms with E-state index in [0.717, 1.165) is 37.4 Å². The zero-order valence-electron chi connectivity index (χ0n) is 14.1. The predicted molar refractivity (Wildman–Crippen MR) is 92.6 cm³/mol. The second kappa shape index (κ2) is 7.67. The van der Waals surface area contributed by atoms with Crippen molar-refractivity contribution in [2.45, 2.75) is 19.5 Å². The topological polar surface area (TPSA) is 62.5 Å². The van der Waals surface area contributed by atoms with Crippen LogP contribution in [0.25, 0.3) is 0 Å². The van der Waals surface area contributed by atoms with E-state index in [9.17, 15) is 14.5 Å². The number of piperazine rings is 1. The Labute approximate surface area is 146 Å². The summed E-state index contributed by atoms with van der Waals surface area (Å²) in [6.07, 6.45) is 1.81. The Morgan fingerprint density at radius 3 is 2.60 bits per heavy atom. The Balaban J connectivity index is 1.56. The number of rotatable bonds is 5. The van der Waals surface area contributed by atoms with Crippen LogP contribution in [0.5, 0.6) is 0 Å². The van der Waals surface area contributed by atoms with Crippen LogP contribution in [-0.4, -0.2) is 45.9 Å². The van der Waals surface area contributed by atoms with Crippen molar-refractivity contribution in [2.24, 2.45) is 0 Å². The number of halogens is 1. The summed E-state index contributed by atoms with van der Waals surface area (Å²) in [6.45, 7) is 6.32. The van der Waals surface area contributed by atoms with Crippen LogP contribution in [0.1, 0.15) is 24.2 Å². The first-order valence-corrected chi connectivity index (χ1v) is 8.35. The molecule has 1 aliphatic heterocycles. The Morgan fingerprint density at radius 1 is 1.24 bits per heavy atom. The minimum Gasteiger partial charge on any atom is -0.297 e. The van der Waals surface area contributed by atoms with Crippen molar-refractivity contribution < 1.29 is 9.31 Å². The Bertz CT molecular complexity index is 733. The van der Waals surface area contributed by atoms with E-state index in [1.807, 2.05) is 24.4 Å². The van der Waals surface area contributed by atoms with Gasteiger partial charge < -0.3 is 0 Å². The number of nitro benzene ring substituents is 1. The molecule has 3 rings (SSSR count). The highest BCUT2D eigenvalue weighted by atomic mass is 19.1. The van der Waals surface area contributed by atoms with Gasteiger partial charge in [0.15, 0.2) is 0 Å². The highest BCUT2D eigenvalue weighted by Gasteiger charge is 2.23. The van der Waals surface area contributed by atoms with Gasteiger partial charge in [0.2, 0.25) is 5.82 Å². The number of aromatic nitrogens is 1. The molecule has 1 aliphatic rings. The molecule has 0 radical (unpaired) electrons. The lowest BCUT2D eigenvalue weighted by atomic mass is 10.1. The van der Waals surface area contributed by atoms with Crippen molar-refractivity contribution >= 4 is 5.69 Å². The molecule has 6 nitrogen and oxygen atoms in total. The van der Waals surface area contributed by atoms with Gasteiger partial charge in [-0.25, -0.2) is 0 Å². The standard InChI is InChI=1S/C18H21FN4O2/c1-14(17-4-2-3-7-20-17)22-10-8-21(9-11-22)13-15-5-6-18(23(24)25)16(19)12-15/h2-7,12,14H,8-11,13H2,1H3/t14-/m1/s1. The van der Waals surface area contributed by atoms with Crippen LogP contribution >= 0.6 is 0 Å². The molecule has 1 saturated heterocycles. The normalized spacial score (nSPS) is 17.4. The summed E-state index contributed by atoms with van der Waals surface area (Å²) in [4.78, 5) is 19.0. The summed E-state index contributed by atoms with van der Waals surface area (Å²) >= 11 is 0. The number of pyridine rings is 1. The van der Waals surface area contributed by atoms with E-state index in [2.05, 4.69) is 21.7 Å². The zero-order valence-corrected chi connectivity index (χ0v) is 14.1. The van der Waals surface area contributed by atoms with Crippen molar-refractivity contribution in [3.8, 4) is 0 Å². The summed E-state index contributed by atoms with van der Waals surface area (Å²) in [5.74, 6) is -0.773. The van der Waals surface area contributed by atoms with Gasteiger partial charge in [-0.3, -0.25) is 24.9 Å². The fraction of sp³-hybridized carbons (Fsp3) is 0.389. The van der Waals surface area contributed by atoms with Gasteiger partial charge in [-0.15, -0.1) is 0 Å². The third kappa shape index (κ3) is 4.18. The van der Waals surface area contributed by atoms with E-state index in [1.54, 1.807) is 6.07 Å². The molecule has 132 valence electrons. The maximum absolute atomic E-state index is 13.7. The van der Waals surface area contributed by atoms with Crippen molar-refractivity contribution in [3.63, 3.8) is 0 Å². The molecule has 1 aromatic carbocycles. The van der Waals surface area contributed by atoms with E-state index in [1.165, 1.54) is 12.1 Å². The fourth-order valence-corrected chi connectivity index (χ4v) is 3.17. The van der Waals surface area contributed by atoms with Gasteiger partial charge in [-0.1, -0.05) is 12.1 Å². The SMILES string of the molecule is C[C@H](c1ccccn1)N1CCN(Cc2ccc([N+](=O)[O-])c(F)c2)CC1. The molecule has 2 heterocycles. The minimum absolute atomic E-state index is 0.264. The average Bonchev–Trinajstić information content (AvgIpc) is 2.62. The Hall–Kier alpha value is -2.38. The molecule has 2 aromatic rings. The summed E-state index contributed by atoms with van der Waals surface area (Å²) in [6, 6.07) is 10.3. The molecule has 0 spiro atoms. The van der Waals surface area contributed by atoms with Crippen LogP contribution in [0, 0.1) is 15.9 Å². The van der Waals surface area contributed by atoms with Crippen molar-refractivity contribution in [1.29, 1.82) is 0 Å². The lowest BCUT2D eigenvalue weighted by Gasteiger charge is -2.37. The van der Waals surface area contributed by atoms with Crippen LogP contribution in [0.2, 0.25) is 0 Å². The summed E-state index contributed by atoms with van der Waals surface area (Å²) in [5, 5.41) is 10.7. The molecule has 1 aromatic heterocycles. The van der Waals surface area contributed by atoms with Gasteiger partial charge in [-0.2, -0.15) is 4.39 Å². The van der Waals surface area contributed by atoms with Gasteiger partial charge >= 0.3 is 5.69 Å². The van der Waals surface area contributed by atoms with Crippen LogP contribution in [-0.2, 0) is 6.54 Å². The summed E-state index contributed by atoms with van der Waals surface area (Å²) in [7, 11) is 0. The number of benzene rings is 1. The summed E-state index contributed by atoms with van der Waals surface area (Å²) < 4.78 is 13.7.